The number of nitrogens with zero attached hydrogens (tertiary/aromatic N) is 2. The Hall–Kier alpha value is -1.22. The molecule has 0 unspecified atom stereocenters. The van der Waals surface area contributed by atoms with Crippen LogP contribution in [0.1, 0.15) is 25.0 Å². The molecule has 0 spiro atoms. The Bertz CT molecular complexity index is 647. The molecule has 0 aliphatic carbocycles. The summed E-state index contributed by atoms with van der Waals surface area (Å²) in [6.45, 7) is 9.37. The molecule has 0 bridgehead atoms. The molecule has 2 aliphatic heterocycles. The van der Waals surface area contributed by atoms with Crippen LogP contribution in [0.15, 0.2) is 17.1 Å². The van der Waals surface area contributed by atoms with E-state index in [1.165, 1.54) is 11.1 Å². The van der Waals surface area contributed by atoms with Crippen LogP contribution in [0.4, 0.5) is 0 Å². The highest BCUT2D eigenvalue weighted by molar-refractivity contribution is 14.0. The topological polar surface area (TPSA) is 55.3 Å². The van der Waals surface area contributed by atoms with Gasteiger partial charge in [-0.2, -0.15) is 0 Å². The van der Waals surface area contributed by atoms with E-state index in [-0.39, 0.29) is 29.4 Å². The lowest BCUT2D eigenvalue weighted by Gasteiger charge is -2.37. The van der Waals surface area contributed by atoms with Gasteiger partial charge < -0.3 is 24.4 Å². The molecule has 0 saturated carbocycles. The summed E-state index contributed by atoms with van der Waals surface area (Å²) in [7, 11) is 3.36. The van der Waals surface area contributed by atoms with Crippen LogP contribution in [0.25, 0.3) is 0 Å². The van der Waals surface area contributed by atoms with Gasteiger partial charge in [0.25, 0.3) is 0 Å². The van der Waals surface area contributed by atoms with Gasteiger partial charge in [-0.25, -0.2) is 0 Å². The molecule has 26 heavy (non-hydrogen) atoms. The minimum Gasteiger partial charge on any atom is -0.493 e. The van der Waals surface area contributed by atoms with Crippen molar-refractivity contribution in [1.82, 2.24) is 10.2 Å². The van der Waals surface area contributed by atoms with E-state index in [1.807, 2.05) is 0 Å². The molecule has 6 nitrogen and oxygen atoms in total. The van der Waals surface area contributed by atoms with Crippen LogP contribution in [-0.4, -0.2) is 57.9 Å². The SMILES string of the molecule is CCNC(=NCC1(C)COC1)N1CCc2cc(OC)c(OC)cc2C1.I. The van der Waals surface area contributed by atoms with Crippen LogP contribution in [0.5, 0.6) is 11.5 Å². The first-order valence-corrected chi connectivity index (χ1v) is 8.93. The van der Waals surface area contributed by atoms with E-state index in [0.29, 0.717) is 0 Å². The normalized spacial score (nSPS) is 18.3. The Labute approximate surface area is 173 Å². The number of fused-ring (bicyclic) bond motifs is 1. The lowest BCUT2D eigenvalue weighted by atomic mass is 9.89. The van der Waals surface area contributed by atoms with Crippen LogP contribution in [0, 0.1) is 5.41 Å². The van der Waals surface area contributed by atoms with E-state index in [0.717, 1.165) is 63.3 Å². The van der Waals surface area contributed by atoms with E-state index in [1.54, 1.807) is 14.2 Å². The third-order valence-corrected chi connectivity index (χ3v) is 4.86. The molecule has 0 atom stereocenters. The third-order valence-electron chi connectivity index (χ3n) is 4.86. The second-order valence-corrected chi connectivity index (χ2v) is 7.12. The highest BCUT2D eigenvalue weighted by atomic mass is 127. The van der Waals surface area contributed by atoms with Crippen molar-refractivity contribution in [3.05, 3.63) is 23.3 Å². The zero-order chi connectivity index (χ0) is 17.9. The van der Waals surface area contributed by atoms with E-state index in [9.17, 15) is 0 Å². The van der Waals surface area contributed by atoms with Crippen molar-refractivity contribution >= 4 is 29.9 Å². The van der Waals surface area contributed by atoms with Crippen molar-refractivity contribution in [3.8, 4) is 11.5 Å². The van der Waals surface area contributed by atoms with Crippen molar-refractivity contribution in [2.75, 3.05) is 47.1 Å². The van der Waals surface area contributed by atoms with Crippen molar-refractivity contribution in [1.29, 1.82) is 0 Å². The van der Waals surface area contributed by atoms with Crippen molar-refractivity contribution in [2.24, 2.45) is 10.4 Å². The van der Waals surface area contributed by atoms with Gasteiger partial charge in [0.15, 0.2) is 17.5 Å². The first kappa shape index (κ1) is 21.1. The Morgan fingerprint density at radius 1 is 1.23 bits per heavy atom. The van der Waals surface area contributed by atoms with Crippen LogP contribution in [0.2, 0.25) is 0 Å². The van der Waals surface area contributed by atoms with E-state index >= 15 is 0 Å². The predicted molar refractivity (Wildman–Crippen MR) is 114 cm³/mol. The molecule has 0 aromatic heterocycles. The molecule has 146 valence electrons. The first-order chi connectivity index (χ1) is 12.1. The highest BCUT2D eigenvalue weighted by Crippen LogP contribution is 2.33. The molecule has 3 rings (SSSR count). The molecule has 0 radical (unpaired) electrons. The van der Waals surface area contributed by atoms with Gasteiger partial charge in [-0.15, -0.1) is 24.0 Å². The van der Waals surface area contributed by atoms with Crippen LogP contribution < -0.4 is 14.8 Å². The van der Waals surface area contributed by atoms with Gasteiger partial charge in [-0.05, 0) is 36.6 Å². The maximum atomic E-state index is 5.46. The van der Waals surface area contributed by atoms with E-state index in [2.05, 4.69) is 36.2 Å². The first-order valence-electron chi connectivity index (χ1n) is 8.93. The number of aliphatic imine (C=N–C) groups is 1. The molecule has 1 N–H and O–H groups in total. The van der Waals surface area contributed by atoms with Crippen LogP contribution >= 0.6 is 24.0 Å². The standard InChI is InChI=1S/C19H29N3O3.HI/c1-5-20-18(21-11-19(2)12-25-13-19)22-7-6-14-8-16(23-3)17(24-4)9-15(14)10-22;/h8-9H,5-7,10-13H2,1-4H3,(H,20,21);1H. The van der Waals surface area contributed by atoms with Crippen molar-refractivity contribution in [3.63, 3.8) is 0 Å². The van der Waals surface area contributed by atoms with Gasteiger partial charge in [0.1, 0.15) is 0 Å². The number of methoxy groups -OCH3 is 2. The fraction of sp³-hybridized carbons (Fsp3) is 0.632. The molecule has 1 aromatic carbocycles. The Morgan fingerprint density at radius 2 is 1.88 bits per heavy atom. The Morgan fingerprint density at radius 3 is 2.42 bits per heavy atom. The number of ether oxygens (including phenoxy) is 3. The number of hydrogen-bond acceptors (Lipinski definition) is 4. The maximum absolute atomic E-state index is 5.46. The zero-order valence-electron chi connectivity index (χ0n) is 16.1. The molecule has 7 heteroatoms. The molecule has 1 fully saturated rings. The van der Waals surface area contributed by atoms with Crippen molar-refractivity contribution in [2.45, 2.75) is 26.8 Å². The average Bonchev–Trinajstić information content (AvgIpc) is 2.61. The summed E-state index contributed by atoms with van der Waals surface area (Å²) < 4.78 is 16.2. The molecular formula is C19H30IN3O3. The number of nitrogens with one attached hydrogen (secondary N) is 1. The highest BCUT2D eigenvalue weighted by Gasteiger charge is 2.33. The predicted octanol–water partition coefficient (Wildman–Crippen LogP) is 2.68. The molecule has 1 saturated heterocycles. The van der Waals surface area contributed by atoms with Gasteiger partial charge in [0.05, 0.1) is 34.0 Å². The summed E-state index contributed by atoms with van der Waals surface area (Å²) in [6, 6.07) is 4.19. The maximum Gasteiger partial charge on any atom is 0.194 e. The Balaban J connectivity index is 0.00000243. The lowest BCUT2D eigenvalue weighted by molar-refractivity contribution is -0.0946. The fourth-order valence-electron chi connectivity index (χ4n) is 3.30. The number of guanidine groups is 1. The smallest absolute Gasteiger partial charge is 0.194 e. The minimum absolute atomic E-state index is 0. The quantitative estimate of drug-likeness (QED) is 0.403. The van der Waals surface area contributed by atoms with Gasteiger partial charge in [0, 0.05) is 25.0 Å². The number of benzene rings is 1. The van der Waals surface area contributed by atoms with Gasteiger partial charge in [-0.1, -0.05) is 6.92 Å². The van der Waals surface area contributed by atoms with Crippen molar-refractivity contribution < 1.29 is 14.2 Å². The monoisotopic (exact) mass is 475 g/mol. The average molecular weight is 475 g/mol. The second-order valence-electron chi connectivity index (χ2n) is 7.12. The fourth-order valence-corrected chi connectivity index (χ4v) is 3.30. The second kappa shape index (κ2) is 9.12. The molecular weight excluding hydrogens is 445 g/mol. The molecule has 1 aromatic rings. The summed E-state index contributed by atoms with van der Waals surface area (Å²) in [5.74, 6) is 2.56. The zero-order valence-corrected chi connectivity index (χ0v) is 18.5. The summed E-state index contributed by atoms with van der Waals surface area (Å²) in [4.78, 5) is 7.20. The van der Waals surface area contributed by atoms with Crippen LogP contribution in [0.3, 0.4) is 0 Å². The minimum atomic E-state index is 0. The Kier molecular flexibility index (Phi) is 7.40. The number of hydrogen-bond donors (Lipinski definition) is 1. The molecule has 0 amide bonds. The van der Waals surface area contributed by atoms with E-state index < -0.39 is 0 Å². The summed E-state index contributed by atoms with van der Waals surface area (Å²) in [6.07, 6.45) is 0.973. The van der Waals surface area contributed by atoms with Crippen LogP contribution in [-0.2, 0) is 17.7 Å². The third kappa shape index (κ3) is 4.54. The summed E-state index contributed by atoms with van der Waals surface area (Å²) in [5.41, 5.74) is 2.78. The lowest BCUT2D eigenvalue weighted by Crippen LogP contribution is -2.46. The van der Waals surface area contributed by atoms with Gasteiger partial charge in [0.2, 0.25) is 0 Å². The number of halogens is 1. The van der Waals surface area contributed by atoms with E-state index in [4.69, 9.17) is 19.2 Å². The largest absolute Gasteiger partial charge is 0.493 e. The summed E-state index contributed by atoms with van der Waals surface area (Å²) in [5, 5.41) is 3.43. The number of rotatable bonds is 5. The molecule has 2 heterocycles. The molecule has 2 aliphatic rings. The summed E-state index contributed by atoms with van der Waals surface area (Å²) >= 11 is 0. The van der Waals surface area contributed by atoms with Gasteiger partial charge in [-0.3, -0.25) is 4.99 Å². The van der Waals surface area contributed by atoms with Gasteiger partial charge >= 0.3 is 0 Å².